The second-order valence-corrected chi connectivity index (χ2v) is 6.80. The highest BCUT2D eigenvalue weighted by atomic mass is 32.1. The molecule has 0 unspecified atom stereocenters. The zero-order chi connectivity index (χ0) is 21.0. The number of nitrogens with zero attached hydrogens (tertiary/aromatic N) is 4. The molecule has 0 aliphatic heterocycles. The van der Waals surface area contributed by atoms with Gasteiger partial charge in [-0.3, -0.25) is 19.7 Å². The maximum Gasteiger partial charge on any atom is 0.326 e. The average Bonchev–Trinajstić information content (AvgIpc) is 3.04. The van der Waals surface area contributed by atoms with Crippen LogP contribution in [0.2, 0.25) is 0 Å². The summed E-state index contributed by atoms with van der Waals surface area (Å²) < 4.78 is 7.02. The first-order valence-electron chi connectivity index (χ1n) is 8.45. The van der Waals surface area contributed by atoms with Gasteiger partial charge in [0, 0.05) is 17.7 Å². The van der Waals surface area contributed by atoms with Crippen LogP contribution in [0.3, 0.4) is 0 Å². The van der Waals surface area contributed by atoms with Crippen molar-refractivity contribution in [3.63, 3.8) is 0 Å². The number of carbonyl (C=O) groups is 2. The van der Waals surface area contributed by atoms with Crippen LogP contribution in [0.1, 0.15) is 22.8 Å². The molecule has 3 rings (SSSR count). The van der Waals surface area contributed by atoms with E-state index >= 15 is 0 Å². The van der Waals surface area contributed by atoms with Crippen molar-refractivity contribution in [1.82, 2.24) is 4.57 Å². The molecule has 2 aromatic carbocycles. The summed E-state index contributed by atoms with van der Waals surface area (Å²) in [6.07, 6.45) is 0. The second-order valence-electron chi connectivity index (χ2n) is 5.79. The van der Waals surface area contributed by atoms with Gasteiger partial charge in [0.1, 0.15) is 6.54 Å². The van der Waals surface area contributed by atoms with Crippen molar-refractivity contribution in [3.05, 3.63) is 68.5 Å². The number of nitro groups is 1. The van der Waals surface area contributed by atoms with Crippen LogP contribution in [-0.4, -0.2) is 28.0 Å². The molecule has 29 heavy (non-hydrogen) atoms. The molecule has 1 heterocycles. The molecule has 0 atom stereocenters. The van der Waals surface area contributed by atoms with Gasteiger partial charge in [-0.25, -0.2) is 0 Å². The van der Waals surface area contributed by atoms with E-state index in [0.717, 1.165) is 11.3 Å². The molecule has 0 bridgehead atoms. The average molecular weight is 410 g/mol. The highest BCUT2D eigenvalue weighted by molar-refractivity contribution is 7.16. The molecule has 0 aliphatic rings. The van der Waals surface area contributed by atoms with Crippen molar-refractivity contribution in [1.29, 1.82) is 5.26 Å². The zero-order valence-electron chi connectivity index (χ0n) is 15.2. The molecular weight excluding hydrogens is 396 g/mol. The first kappa shape index (κ1) is 19.9. The fraction of sp³-hybridized carbons (Fsp3) is 0.158. The molecule has 10 heteroatoms. The van der Waals surface area contributed by atoms with E-state index in [4.69, 9.17) is 10.00 Å². The first-order valence-corrected chi connectivity index (χ1v) is 9.27. The van der Waals surface area contributed by atoms with Crippen LogP contribution in [0.25, 0.3) is 10.2 Å². The number of hydrogen-bond donors (Lipinski definition) is 0. The Balaban J connectivity index is 2.12. The summed E-state index contributed by atoms with van der Waals surface area (Å²) in [5, 5.41) is 20.0. The minimum Gasteiger partial charge on any atom is -0.465 e. The first-order chi connectivity index (χ1) is 13.9. The largest absolute Gasteiger partial charge is 0.465 e. The lowest BCUT2D eigenvalue weighted by molar-refractivity contribution is -0.384. The molecule has 0 saturated heterocycles. The minimum atomic E-state index is -0.562. The van der Waals surface area contributed by atoms with Crippen molar-refractivity contribution in [2.45, 2.75) is 13.5 Å². The van der Waals surface area contributed by atoms with Crippen molar-refractivity contribution in [3.8, 4) is 6.07 Å². The number of aromatic nitrogens is 1. The lowest BCUT2D eigenvalue weighted by atomic mass is 10.1. The Hall–Kier alpha value is -3.84. The summed E-state index contributed by atoms with van der Waals surface area (Å²) in [5.74, 6) is -1.11. The Labute approximate surface area is 168 Å². The van der Waals surface area contributed by atoms with E-state index in [1.165, 1.54) is 41.0 Å². The van der Waals surface area contributed by atoms with Crippen LogP contribution >= 0.6 is 11.3 Å². The maximum absolute atomic E-state index is 12.5. The van der Waals surface area contributed by atoms with Crippen LogP contribution in [0, 0.1) is 21.4 Å². The minimum absolute atomic E-state index is 0.141. The van der Waals surface area contributed by atoms with Crippen LogP contribution in [-0.2, 0) is 16.1 Å². The van der Waals surface area contributed by atoms with Crippen molar-refractivity contribution in [2.24, 2.45) is 4.99 Å². The summed E-state index contributed by atoms with van der Waals surface area (Å²) >= 11 is 1.13. The predicted octanol–water partition coefficient (Wildman–Crippen LogP) is 2.79. The van der Waals surface area contributed by atoms with Gasteiger partial charge in [-0.05, 0) is 37.3 Å². The van der Waals surface area contributed by atoms with E-state index in [0.29, 0.717) is 15.8 Å². The number of nitro benzene ring substituents is 1. The van der Waals surface area contributed by atoms with Crippen LogP contribution in [0.15, 0.2) is 47.5 Å². The fourth-order valence-electron chi connectivity index (χ4n) is 2.58. The Morgan fingerprint density at radius 3 is 2.62 bits per heavy atom. The molecule has 9 nitrogen and oxygen atoms in total. The van der Waals surface area contributed by atoms with Gasteiger partial charge in [0.05, 0.1) is 33.4 Å². The van der Waals surface area contributed by atoms with E-state index in [2.05, 4.69) is 4.99 Å². The quantitative estimate of drug-likeness (QED) is 0.361. The summed E-state index contributed by atoms with van der Waals surface area (Å²) in [4.78, 5) is 39.4. The molecule has 0 aliphatic carbocycles. The molecule has 0 radical (unpaired) electrons. The molecule has 1 amide bonds. The van der Waals surface area contributed by atoms with E-state index in [1.807, 2.05) is 6.07 Å². The molecule has 1 aromatic heterocycles. The second kappa shape index (κ2) is 8.45. The normalized spacial score (nSPS) is 11.2. The summed E-state index contributed by atoms with van der Waals surface area (Å²) in [6, 6.07) is 12.2. The fourth-order valence-corrected chi connectivity index (χ4v) is 3.59. The highest BCUT2D eigenvalue weighted by Crippen LogP contribution is 2.23. The molecule has 146 valence electrons. The molecule has 0 spiro atoms. The van der Waals surface area contributed by atoms with E-state index < -0.39 is 16.8 Å². The lowest BCUT2D eigenvalue weighted by Gasteiger charge is -2.05. The van der Waals surface area contributed by atoms with Gasteiger partial charge in [-0.2, -0.15) is 10.3 Å². The predicted molar refractivity (Wildman–Crippen MR) is 104 cm³/mol. The van der Waals surface area contributed by atoms with Crippen molar-refractivity contribution >= 4 is 39.1 Å². The van der Waals surface area contributed by atoms with Gasteiger partial charge < -0.3 is 9.30 Å². The van der Waals surface area contributed by atoms with Gasteiger partial charge in [0.2, 0.25) is 0 Å². The van der Waals surface area contributed by atoms with Gasteiger partial charge in [-0.1, -0.05) is 11.3 Å². The highest BCUT2D eigenvalue weighted by Gasteiger charge is 2.16. The van der Waals surface area contributed by atoms with Crippen LogP contribution in [0.5, 0.6) is 0 Å². The van der Waals surface area contributed by atoms with E-state index in [-0.39, 0.29) is 29.2 Å². The standard InChI is InChI=1S/C19H14N4O5S/c1-2-28-17(24)11-22-15-9-14(23(26)27)7-8-16(15)29-19(22)21-18(25)13-5-3-12(10-20)4-6-13/h3-9H,2,11H2,1H3. The number of esters is 1. The number of ether oxygens (including phenoxy) is 1. The smallest absolute Gasteiger partial charge is 0.326 e. The zero-order valence-corrected chi connectivity index (χ0v) is 16.0. The van der Waals surface area contributed by atoms with Crippen LogP contribution < -0.4 is 4.80 Å². The summed E-state index contributed by atoms with van der Waals surface area (Å²) in [6.45, 7) is 1.60. The molecule has 0 fully saturated rings. The van der Waals surface area contributed by atoms with Gasteiger partial charge in [0.15, 0.2) is 4.80 Å². The maximum atomic E-state index is 12.5. The topological polar surface area (TPSA) is 128 Å². The number of rotatable bonds is 5. The number of fused-ring (bicyclic) bond motifs is 1. The number of thiazole rings is 1. The summed E-state index contributed by atoms with van der Waals surface area (Å²) in [7, 11) is 0. The van der Waals surface area contributed by atoms with Gasteiger partial charge >= 0.3 is 5.97 Å². The number of carbonyl (C=O) groups excluding carboxylic acids is 2. The third kappa shape index (κ3) is 4.36. The molecule has 0 N–H and O–H groups in total. The molecule has 0 saturated carbocycles. The third-order valence-corrected chi connectivity index (χ3v) is 4.99. The number of hydrogen-bond acceptors (Lipinski definition) is 7. The molecule has 3 aromatic rings. The van der Waals surface area contributed by atoms with Crippen molar-refractivity contribution < 1.29 is 19.2 Å². The number of benzene rings is 2. The van der Waals surface area contributed by atoms with Crippen LogP contribution in [0.4, 0.5) is 5.69 Å². The Bertz CT molecular complexity index is 1220. The monoisotopic (exact) mass is 410 g/mol. The third-order valence-electron chi connectivity index (χ3n) is 3.93. The van der Waals surface area contributed by atoms with E-state index in [1.54, 1.807) is 13.0 Å². The Morgan fingerprint density at radius 2 is 2.00 bits per heavy atom. The SMILES string of the molecule is CCOC(=O)Cn1c(=NC(=O)c2ccc(C#N)cc2)sc2ccc([N+](=O)[O-])cc21. The lowest BCUT2D eigenvalue weighted by Crippen LogP contribution is -2.23. The number of non-ortho nitro benzene ring substituents is 1. The van der Waals surface area contributed by atoms with Gasteiger partial charge in [-0.15, -0.1) is 0 Å². The molecular formula is C19H14N4O5S. The summed E-state index contributed by atoms with van der Waals surface area (Å²) in [5.41, 5.74) is 0.949. The van der Waals surface area contributed by atoms with Gasteiger partial charge in [0.25, 0.3) is 11.6 Å². The number of nitriles is 1. The van der Waals surface area contributed by atoms with Crippen molar-refractivity contribution in [2.75, 3.05) is 6.61 Å². The van der Waals surface area contributed by atoms with E-state index in [9.17, 15) is 19.7 Å². The Morgan fingerprint density at radius 1 is 1.28 bits per heavy atom. The number of amides is 1. The Kier molecular flexibility index (Phi) is 5.80.